The molecule has 0 spiro atoms. The molecule has 0 aliphatic heterocycles. The molecule has 0 fully saturated rings. The Labute approximate surface area is 108 Å². The van der Waals surface area contributed by atoms with Crippen LogP contribution in [0, 0.1) is 0 Å². The van der Waals surface area contributed by atoms with Gasteiger partial charge in [0.2, 0.25) is 0 Å². The molecule has 2 aromatic rings. The summed E-state index contributed by atoms with van der Waals surface area (Å²) in [7, 11) is 3.11. The summed E-state index contributed by atoms with van der Waals surface area (Å²) in [5, 5.41) is 2.77. The van der Waals surface area contributed by atoms with E-state index in [0.29, 0.717) is 22.1 Å². The zero-order valence-corrected chi connectivity index (χ0v) is 10.8. The van der Waals surface area contributed by atoms with Gasteiger partial charge in [0, 0.05) is 6.07 Å². The van der Waals surface area contributed by atoms with Gasteiger partial charge in [0.15, 0.2) is 0 Å². The Hall–Kier alpha value is -2.08. The first-order valence-electron chi connectivity index (χ1n) is 5.16. The Morgan fingerprint density at radius 2 is 2.17 bits per heavy atom. The quantitative estimate of drug-likeness (QED) is 0.921. The molecule has 6 heteroatoms. The zero-order valence-electron chi connectivity index (χ0n) is 9.97. The van der Waals surface area contributed by atoms with E-state index in [1.165, 1.54) is 17.5 Å². The van der Waals surface area contributed by atoms with Gasteiger partial charge in [0.25, 0.3) is 5.91 Å². The smallest absolute Gasteiger partial charge is 0.267 e. The highest BCUT2D eigenvalue weighted by atomic mass is 32.1. The van der Waals surface area contributed by atoms with Gasteiger partial charge in [-0.15, -0.1) is 11.3 Å². The van der Waals surface area contributed by atoms with Gasteiger partial charge in [-0.05, 0) is 12.1 Å². The van der Waals surface area contributed by atoms with Gasteiger partial charge in [0.1, 0.15) is 16.4 Å². The van der Waals surface area contributed by atoms with Gasteiger partial charge in [-0.3, -0.25) is 9.78 Å². The van der Waals surface area contributed by atoms with Crippen molar-refractivity contribution in [2.45, 2.75) is 0 Å². The van der Waals surface area contributed by atoms with Crippen LogP contribution in [-0.4, -0.2) is 25.1 Å². The van der Waals surface area contributed by atoms with Crippen molar-refractivity contribution in [3.63, 3.8) is 0 Å². The fraction of sp³-hybridized carbons (Fsp3) is 0.167. The largest absolute Gasteiger partial charge is 0.497 e. The average Bonchev–Trinajstić information content (AvgIpc) is 2.92. The molecule has 5 nitrogen and oxygen atoms in total. The van der Waals surface area contributed by atoms with Gasteiger partial charge in [0.05, 0.1) is 31.6 Å². The molecular formula is C12H12N2O3S. The minimum Gasteiger partial charge on any atom is -0.497 e. The molecule has 0 aliphatic rings. The van der Waals surface area contributed by atoms with Gasteiger partial charge in [-0.25, -0.2) is 0 Å². The first-order chi connectivity index (χ1) is 8.74. The normalized spacial score (nSPS) is 9.89. The zero-order chi connectivity index (χ0) is 13.0. The molecule has 2 rings (SSSR count). The van der Waals surface area contributed by atoms with E-state index in [2.05, 4.69) is 10.3 Å². The lowest BCUT2D eigenvalue weighted by molar-refractivity contribution is 0.103. The van der Waals surface area contributed by atoms with Crippen molar-refractivity contribution in [3.8, 4) is 11.5 Å². The van der Waals surface area contributed by atoms with Crippen molar-refractivity contribution < 1.29 is 14.3 Å². The van der Waals surface area contributed by atoms with Crippen LogP contribution >= 0.6 is 11.3 Å². The lowest BCUT2D eigenvalue weighted by Crippen LogP contribution is -2.11. The van der Waals surface area contributed by atoms with E-state index in [9.17, 15) is 4.79 Å². The van der Waals surface area contributed by atoms with Crippen molar-refractivity contribution in [2.75, 3.05) is 19.5 Å². The van der Waals surface area contributed by atoms with Crippen LogP contribution in [-0.2, 0) is 0 Å². The highest BCUT2D eigenvalue weighted by Crippen LogP contribution is 2.29. The molecule has 0 unspecified atom stereocenters. The number of hydrogen-bond donors (Lipinski definition) is 1. The Morgan fingerprint density at radius 1 is 1.33 bits per heavy atom. The lowest BCUT2D eigenvalue weighted by Gasteiger charge is -2.10. The summed E-state index contributed by atoms with van der Waals surface area (Å²) in [5.41, 5.74) is 2.17. The van der Waals surface area contributed by atoms with Crippen molar-refractivity contribution in [3.05, 3.63) is 34.8 Å². The maximum absolute atomic E-state index is 11.9. The molecule has 0 radical (unpaired) electrons. The molecule has 1 amide bonds. The summed E-state index contributed by atoms with van der Waals surface area (Å²) >= 11 is 1.28. The summed E-state index contributed by atoms with van der Waals surface area (Å²) in [6.45, 7) is 0. The Morgan fingerprint density at radius 3 is 2.78 bits per heavy atom. The monoisotopic (exact) mass is 264 g/mol. The maximum Gasteiger partial charge on any atom is 0.267 e. The number of carbonyl (C=O) groups is 1. The van der Waals surface area contributed by atoms with E-state index in [0.717, 1.165) is 0 Å². The van der Waals surface area contributed by atoms with Crippen LogP contribution in [0.2, 0.25) is 0 Å². The third-order valence-corrected chi connectivity index (χ3v) is 3.08. The summed E-state index contributed by atoms with van der Waals surface area (Å²) in [5.74, 6) is 1.01. The van der Waals surface area contributed by atoms with Gasteiger partial charge >= 0.3 is 0 Å². The Kier molecular flexibility index (Phi) is 3.78. The number of ether oxygens (including phenoxy) is 2. The number of anilines is 1. The number of benzene rings is 1. The minimum absolute atomic E-state index is 0.218. The van der Waals surface area contributed by atoms with Crippen LogP contribution < -0.4 is 14.8 Å². The fourth-order valence-electron chi connectivity index (χ4n) is 1.42. The third-order valence-electron chi connectivity index (χ3n) is 2.31. The summed E-state index contributed by atoms with van der Waals surface area (Å²) < 4.78 is 10.3. The van der Waals surface area contributed by atoms with E-state index >= 15 is 0 Å². The molecule has 0 bridgehead atoms. The van der Waals surface area contributed by atoms with Crippen LogP contribution in [0.1, 0.15) is 9.67 Å². The number of thiazole rings is 1. The number of hydrogen-bond acceptors (Lipinski definition) is 5. The van der Waals surface area contributed by atoms with Crippen LogP contribution in [0.4, 0.5) is 5.69 Å². The van der Waals surface area contributed by atoms with Gasteiger partial charge in [-0.1, -0.05) is 0 Å². The van der Waals surface area contributed by atoms with Crippen molar-refractivity contribution in [1.82, 2.24) is 4.98 Å². The summed E-state index contributed by atoms with van der Waals surface area (Å²) in [6, 6.07) is 5.21. The van der Waals surface area contributed by atoms with E-state index in [4.69, 9.17) is 9.47 Å². The molecule has 1 N–H and O–H groups in total. The molecule has 0 aliphatic carbocycles. The second-order valence-electron chi connectivity index (χ2n) is 3.39. The van der Waals surface area contributed by atoms with Crippen LogP contribution in [0.15, 0.2) is 29.9 Å². The molecule has 0 saturated heterocycles. The van der Waals surface area contributed by atoms with E-state index in [-0.39, 0.29) is 5.91 Å². The molecule has 1 heterocycles. The van der Waals surface area contributed by atoms with Gasteiger partial charge < -0.3 is 14.8 Å². The molecule has 18 heavy (non-hydrogen) atoms. The number of methoxy groups -OCH3 is 2. The average molecular weight is 264 g/mol. The molecule has 0 atom stereocenters. The maximum atomic E-state index is 11.9. The van der Waals surface area contributed by atoms with E-state index in [1.54, 1.807) is 37.9 Å². The SMILES string of the molecule is COc1ccc(OC)c(NC(=O)c2cncs2)c1. The fourth-order valence-corrected chi connectivity index (χ4v) is 1.94. The standard InChI is InChI=1S/C12H12N2O3S/c1-16-8-3-4-10(17-2)9(5-8)14-12(15)11-6-13-7-18-11/h3-7H,1-2H3,(H,14,15). The van der Waals surface area contributed by atoms with Gasteiger partial charge in [-0.2, -0.15) is 0 Å². The summed E-state index contributed by atoms with van der Waals surface area (Å²) in [6.07, 6.45) is 1.52. The van der Waals surface area contributed by atoms with Crippen molar-refractivity contribution >= 4 is 22.9 Å². The predicted octanol–water partition coefficient (Wildman–Crippen LogP) is 2.41. The highest BCUT2D eigenvalue weighted by Gasteiger charge is 2.11. The second kappa shape index (κ2) is 5.50. The molecule has 94 valence electrons. The first kappa shape index (κ1) is 12.4. The Balaban J connectivity index is 2.24. The molecule has 1 aromatic heterocycles. The lowest BCUT2D eigenvalue weighted by atomic mass is 10.2. The molecule has 0 saturated carbocycles. The molecular weight excluding hydrogens is 252 g/mol. The number of aromatic nitrogens is 1. The third kappa shape index (κ3) is 2.60. The van der Waals surface area contributed by atoms with Crippen molar-refractivity contribution in [2.24, 2.45) is 0 Å². The van der Waals surface area contributed by atoms with E-state index < -0.39 is 0 Å². The number of amides is 1. The number of rotatable bonds is 4. The Bertz CT molecular complexity index is 540. The minimum atomic E-state index is -0.218. The summed E-state index contributed by atoms with van der Waals surface area (Å²) in [4.78, 5) is 16.3. The topological polar surface area (TPSA) is 60.5 Å². The number of nitrogens with one attached hydrogen (secondary N) is 1. The van der Waals surface area contributed by atoms with Crippen LogP contribution in [0.3, 0.4) is 0 Å². The molecule has 1 aromatic carbocycles. The van der Waals surface area contributed by atoms with Crippen molar-refractivity contribution in [1.29, 1.82) is 0 Å². The van der Waals surface area contributed by atoms with E-state index in [1.807, 2.05) is 0 Å². The highest BCUT2D eigenvalue weighted by molar-refractivity contribution is 7.11. The van der Waals surface area contributed by atoms with Crippen LogP contribution in [0.25, 0.3) is 0 Å². The predicted molar refractivity (Wildman–Crippen MR) is 69.6 cm³/mol. The second-order valence-corrected chi connectivity index (χ2v) is 4.27. The van der Waals surface area contributed by atoms with Crippen LogP contribution in [0.5, 0.6) is 11.5 Å². The number of carbonyl (C=O) groups excluding carboxylic acids is 1. The first-order valence-corrected chi connectivity index (χ1v) is 6.04. The number of nitrogens with zero attached hydrogens (tertiary/aromatic N) is 1.